The fourth-order valence-electron chi connectivity index (χ4n) is 1.17. The van der Waals surface area contributed by atoms with E-state index in [1.807, 2.05) is 13.1 Å². The molecule has 0 unspecified atom stereocenters. The van der Waals surface area contributed by atoms with Gasteiger partial charge in [-0.05, 0) is 7.05 Å². The zero-order valence-corrected chi connectivity index (χ0v) is 7.91. The van der Waals surface area contributed by atoms with E-state index in [0.29, 0.717) is 5.02 Å². The molecule has 4 nitrogen and oxygen atoms in total. The van der Waals surface area contributed by atoms with Gasteiger partial charge in [-0.2, -0.15) is 5.10 Å². The van der Waals surface area contributed by atoms with Gasteiger partial charge in [0, 0.05) is 18.8 Å². The Hall–Kier alpha value is -1.13. The minimum absolute atomic E-state index is 0.589. The second kappa shape index (κ2) is 3.32. The fourth-order valence-corrected chi connectivity index (χ4v) is 1.31. The van der Waals surface area contributed by atoms with Crippen molar-refractivity contribution in [1.82, 2.24) is 19.9 Å². The van der Waals surface area contributed by atoms with Crippen molar-refractivity contribution < 1.29 is 0 Å². The molecule has 2 aromatic heterocycles. The quantitative estimate of drug-likeness (QED) is 0.782. The van der Waals surface area contributed by atoms with Gasteiger partial charge >= 0.3 is 0 Å². The van der Waals surface area contributed by atoms with Gasteiger partial charge < -0.3 is 5.32 Å². The lowest BCUT2D eigenvalue weighted by molar-refractivity contribution is 0.769. The molecule has 1 N–H and O–H groups in total. The van der Waals surface area contributed by atoms with E-state index < -0.39 is 0 Å². The maximum Gasteiger partial charge on any atom is 0.155 e. The first-order valence-corrected chi connectivity index (χ1v) is 4.32. The first-order valence-electron chi connectivity index (χ1n) is 3.94. The third-order valence-corrected chi connectivity index (χ3v) is 1.89. The molecule has 0 saturated heterocycles. The lowest BCUT2D eigenvalue weighted by Gasteiger charge is -1.91. The molecule has 0 aromatic carbocycles. The summed E-state index contributed by atoms with van der Waals surface area (Å²) in [5.74, 6) is 0. The normalized spacial score (nSPS) is 10.9. The van der Waals surface area contributed by atoms with Gasteiger partial charge in [-0.3, -0.25) is 0 Å². The molecule has 0 aliphatic heterocycles. The minimum Gasteiger partial charge on any atom is -0.314 e. The Morgan fingerprint density at radius 2 is 2.46 bits per heavy atom. The van der Waals surface area contributed by atoms with Gasteiger partial charge in [0.1, 0.15) is 0 Å². The maximum atomic E-state index is 5.77. The Balaban J connectivity index is 2.49. The monoisotopic (exact) mass is 196 g/mol. The van der Waals surface area contributed by atoms with Crippen molar-refractivity contribution in [2.24, 2.45) is 0 Å². The second-order valence-corrected chi connectivity index (χ2v) is 3.18. The SMILES string of the molecule is CNCc1cc2ncc(Cl)cn2n1. The number of hydrogen-bond acceptors (Lipinski definition) is 3. The van der Waals surface area contributed by atoms with E-state index in [1.54, 1.807) is 16.9 Å². The molecule has 0 radical (unpaired) electrons. The highest BCUT2D eigenvalue weighted by Gasteiger charge is 2.01. The summed E-state index contributed by atoms with van der Waals surface area (Å²) in [5, 5.41) is 7.88. The Labute approximate surface area is 80.5 Å². The summed E-state index contributed by atoms with van der Waals surface area (Å²) in [6.45, 7) is 0.737. The minimum atomic E-state index is 0.589. The third kappa shape index (κ3) is 1.64. The average Bonchev–Trinajstić information content (AvgIpc) is 2.46. The van der Waals surface area contributed by atoms with Crippen molar-refractivity contribution in [3.63, 3.8) is 0 Å². The fraction of sp³-hybridized carbons (Fsp3) is 0.250. The summed E-state index contributed by atoms with van der Waals surface area (Å²) in [6.07, 6.45) is 3.35. The zero-order valence-electron chi connectivity index (χ0n) is 7.16. The van der Waals surface area contributed by atoms with Crippen LogP contribution in [0.4, 0.5) is 0 Å². The van der Waals surface area contributed by atoms with Crippen LogP contribution in [-0.4, -0.2) is 21.6 Å². The number of aromatic nitrogens is 3. The Kier molecular flexibility index (Phi) is 2.16. The summed E-state index contributed by atoms with van der Waals surface area (Å²) >= 11 is 5.77. The molecule has 2 aromatic rings. The second-order valence-electron chi connectivity index (χ2n) is 2.74. The number of halogens is 1. The van der Waals surface area contributed by atoms with E-state index >= 15 is 0 Å². The number of nitrogens with zero attached hydrogens (tertiary/aromatic N) is 3. The molecular formula is C8H9ClN4. The molecule has 0 amide bonds. The van der Waals surface area contributed by atoms with Crippen molar-refractivity contribution in [1.29, 1.82) is 0 Å². The molecule has 0 aliphatic rings. The average molecular weight is 197 g/mol. The van der Waals surface area contributed by atoms with Gasteiger partial charge in [-0.25, -0.2) is 9.50 Å². The lowest BCUT2D eigenvalue weighted by atomic mass is 10.4. The molecule has 13 heavy (non-hydrogen) atoms. The molecule has 2 rings (SSSR count). The summed E-state index contributed by atoms with van der Waals surface area (Å²) in [4.78, 5) is 4.12. The van der Waals surface area contributed by atoms with Gasteiger partial charge in [-0.1, -0.05) is 11.6 Å². The van der Waals surface area contributed by atoms with Crippen molar-refractivity contribution in [3.8, 4) is 0 Å². The largest absolute Gasteiger partial charge is 0.314 e. The van der Waals surface area contributed by atoms with Gasteiger partial charge in [-0.15, -0.1) is 0 Å². The summed E-state index contributed by atoms with van der Waals surface area (Å²) < 4.78 is 1.68. The van der Waals surface area contributed by atoms with Crippen LogP contribution in [0, 0.1) is 0 Å². The number of rotatable bonds is 2. The van der Waals surface area contributed by atoms with Crippen LogP contribution < -0.4 is 5.32 Å². The molecule has 0 aliphatic carbocycles. The number of nitrogens with one attached hydrogen (secondary N) is 1. The molecule has 5 heteroatoms. The third-order valence-electron chi connectivity index (χ3n) is 1.69. The van der Waals surface area contributed by atoms with Crippen LogP contribution in [-0.2, 0) is 6.54 Å². The van der Waals surface area contributed by atoms with Crippen molar-refractivity contribution >= 4 is 17.2 Å². The molecule has 0 fully saturated rings. The van der Waals surface area contributed by atoms with Crippen LogP contribution in [0.5, 0.6) is 0 Å². The number of fused-ring (bicyclic) bond motifs is 1. The topological polar surface area (TPSA) is 42.2 Å². The first-order chi connectivity index (χ1) is 6.29. The maximum absolute atomic E-state index is 5.77. The van der Waals surface area contributed by atoms with Crippen molar-refractivity contribution in [2.75, 3.05) is 7.05 Å². The molecular weight excluding hydrogens is 188 g/mol. The molecule has 0 atom stereocenters. The van der Waals surface area contributed by atoms with Gasteiger partial charge in [0.2, 0.25) is 0 Å². The van der Waals surface area contributed by atoms with Crippen LogP contribution >= 0.6 is 11.6 Å². The van der Waals surface area contributed by atoms with Gasteiger partial charge in [0.25, 0.3) is 0 Å². The number of hydrogen-bond donors (Lipinski definition) is 1. The molecule has 0 spiro atoms. The molecule has 68 valence electrons. The van der Waals surface area contributed by atoms with Crippen LogP contribution in [0.25, 0.3) is 5.65 Å². The van der Waals surface area contributed by atoms with E-state index in [2.05, 4.69) is 15.4 Å². The van der Waals surface area contributed by atoms with Crippen LogP contribution in [0.1, 0.15) is 5.69 Å². The van der Waals surface area contributed by atoms with Gasteiger partial charge in [0.05, 0.1) is 16.9 Å². The van der Waals surface area contributed by atoms with Crippen LogP contribution in [0.2, 0.25) is 5.02 Å². The standard InChI is InChI=1S/C8H9ClN4/c1-10-4-7-2-8-11-3-6(9)5-13(8)12-7/h2-3,5,10H,4H2,1H3. The highest BCUT2D eigenvalue weighted by atomic mass is 35.5. The first kappa shape index (κ1) is 8.47. The van der Waals surface area contributed by atoms with E-state index in [1.165, 1.54) is 0 Å². The van der Waals surface area contributed by atoms with Crippen molar-refractivity contribution in [2.45, 2.75) is 6.54 Å². The Morgan fingerprint density at radius 1 is 1.62 bits per heavy atom. The summed E-state index contributed by atoms with van der Waals surface area (Å²) in [6, 6.07) is 1.92. The smallest absolute Gasteiger partial charge is 0.155 e. The van der Waals surface area contributed by atoms with Gasteiger partial charge in [0.15, 0.2) is 5.65 Å². The Morgan fingerprint density at radius 3 is 3.23 bits per heavy atom. The summed E-state index contributed by atoms with van der Waals surface area (Å²) in [7, 11) is 1.88. The predicted octanol–water partition coefficient (Wildman–Crippen LogP) is 1.10. The zero-order chi connectivity index (χ0) is 9.26. The van der Waals surface area contributed by atoms with Crippen molar-refractivity contribution in [3.05, 3.63) is 29.2 Å². The molecule has 0 saturated carbocycles. The summed E-state index contributed by atoms with van der Waals surface area (Å²) in [5.41, 5.74) is 1.77. The van der Waals surface area contributed by atoms with E-state index in [-0.39, 0.29) is 0 Å². The molecule has 2 heterocycles. The predicted molar refractivity (Wildman–Crippen MR) is 50.8 cm³/mol. The lowest BCUT2D eigenvalue weighted by Crippen LogP contribution is -2.05. The van der Waals surface area contributed by atoms with E-state index in [9.17, 15) is 0 Å². The molecule has 0 bridgehead atoms. The van der Waals surface area contributed by atoms with Crippen LogP contribution in [0.15, 0.2) is 18.5 Å². The highest BCUT2D eigenvalue weighted by Crippen LogP contribution is 2.08. The van der Waals surface area contributed by atoms with E-state index in [4.69, 9.17) is 11.6 Å². The Bertz CT molecular complexity index is 423. The van der Waals surface area contributed by atoms with E-state index in [0.717, 1.165) is 17.9 Å². The highest BCUT2D eigenvalue weighted by molar-refractivity contribution is 6.30. The van der Waals surface area contributed by atoms with Crippen LogP contribution in [0.3, 0.4) is 0 Å².